The fourth-order valence-electron chi connectivity index (χ4n) is 2.29. The standard InChI is InChI=1S/C18H20N2O2/c19-15(11-13-7-3-1-4-8-13)17(21)18(22)16(20)12-14-9-5-2-6-10-14/h1-10,15-16H,11-12,19-20H2. The van der Waals surface area contributed by atoms with Gasteiger partial charge in [0, 0.05) is 0 Å². The van der Waals surface area contributed by atoms with Crippen LogP contribution in [0.5, 0.6) is 0 Å². The molecule has 4 nitrogen and oxygen atoms in total. The molecule has 0 aliphatic rings. The zero-order valence-electron chi connectivity index (χ0n) is 12.3. The van der Waals surface area contributed by atoms with Crippen molar-refractivity contribution in [1.82, 2.24) is 0 Å². The van der Waals surface area contributed by atoms with Gasteiger partial charge in [0.2, 0.25) is 11.6 Å². The van der Waals surface area contributed by atoms with Gasteiger partial charge in [-0.1, -0.05) is 60.7 Å². The maximum Gasteiger partial charge on any atom is 0.217 e. The van der Waals surface area contributed by atoms with Crippen LogP contribution in [0.2, 0.25) is 0 Å². The molecule has 114 valence electrons. The van der Waals surface area contributed by atoms with Gasteiger partial charge in [-0.2, -0.15) is 0 Å². The summed E-state index contributed by atoms with van der Waals surface area (Å²) in [6.07, 6.45) is 0.674. The molecule has 0 saturated carbocycles. The van der Waals surface area contributed by atoms with Gasteiger partial charge in [-0.15, -0.1) is 0 Å². The summed E-state index contributed by atoms with van der Waals surface area (Å²) in [5.41, 5.74) is 13.6. The highest BCUT2D eigenvalue weighted by Gasteiger charge is 2.27. The third-order valence-electron chi connectivity index (χ3n) is 3.51. The van der Waals surface area contributed by atoms with Crippen LogP contribution in [0.4, 0.5) is 0 Å². The average Bonchev–Trinajstić information content (AvgIpc) is 2.55. The third kappa shape index (κ3) is 4.35. The van der Waals surface area contributed by atoms with Gasteiger partial charge >= 0.3 is 0 Å². The van der Waals surface area contributed by atoms with E-state index in [1.165, 1.54) is 0 Å². The number of nitrogens with two attached hydrogens (primary N) is 2. The Labute approximate surface area is 130 Å². The smallest absolute Gasteiger partial charge is 0.217 e. The maximum atomic E-state index is 12.1. The van der Waals surface area contributed by atoms with E-state index in [4.69, 9.17) is 11.5 Å². The van der Waals surface area contributed by atoms with Crippen LogP contribution >= 0.6 is 0 Å². The normalized spacial score (nSPS) is 13.4. The molecule has 0 bridgehead atoms. The van der Waals surface area contributed by atoms with Crippen LogP contribution in [0.25, 0.3) is 0 Å². The van der Waals surface area contributed by atoms with Crippen molar-refractivity contribution in [3.05, 3.63) is 71.8 Å². The predicted molar refractivity (Wildman–Crippen MR) is 86.3 cm³/mol. The summed E-state index contributed by atoms with van der Waals surface area (Å²) >= 11 is 0. The molecule has 0 spiro atoms. The second-order valence-corrected chi connectivity index (χ2v) is 5.32. The van der Waals surface area contributed by atoms with Gasteiger partial charge in [0.15, 0.2) is 0 Å². The molecule has 0 aromatic heterocycles. The Morgan fingerprint density at radius 2 is 1.00 bits per heavy atom. The monoisotopic (exact) mass is 296 g/mol. The molecule has 0 radical (unpaired) electrons. The number of carbonyl (C=O) groups is 2. The fraction of sp³-hybridized carbons (Fsp3) is 0.222. The van der Waals surface area contributed by atoms with Crippen LogP contribution < -0.4 is 11.5 Å². The highest BCUT2D eigenvalue weighted by Crippen LogP contribution is 2.06. The summed E-state index contributed by atoms with van der Waals surface area (Å²) < 4.78 is 0. The molecular formula is C18H20N2O2. The van der Waals surface area contributed by atoms with Crippen molar-refractivity contribution in [2.45, 2.75) is 24.9 Å². The zero-order chi connectivity index (χ0) is 15.9. The minimum Gasteiger partial charge on any atom is -0.321 e. The molecule has 4 N–H and O–H groups in total. The van der Waals surface area contributed by atoms with Gasteiger partial charge < -0.3 is 11.5 Å². The molecular weight excluding hydrogens is 276 g/mol. The van der Waals surface area contributed by atoms with Gasteiger partial charge in [-0.05, 0) is 24.0 Å². The number of carbonyl (C=O) groups excluding carboxylic acids is 2. The van der Waals surface area contributed by atoms with Gasteiger partial charge in [0.1, 0.15) is 0 Å². The highest BCUT2D eigenvalue weighted by atomic mass is 16.2. The molecule has 0 saturated heterocycles. The first-order valence-electron chi connectivity index (χ1n) is 7.25. The summed E-state index contributed by atoms with van der Waals surface area (Å²) in [7, 11) is 0. The molecule has 2 rings (SSSR count). The van der Waals surface area contributed by atoms with Gasteiger partial charge in [-0.3, -0.25) is 9.59 Å². The van der Waals surface area contributed by atoms with E-state index in [-0.39, 0.29) is 0 Å². The minimum absolute atomic E-state index is 0.337. The summed E-state index contributed by atoms with van der Waals surface area (Å²) in [6.45, 7) is 0. The summed E-state index contributed by atoms with van der Waals surface area (Å²) in [5, 5.41) is 0. The topological polar surface area (TPSA) is 86.2 Å². The molecule has 0 amide bonds. The van der Waals surface area contributed by atoms with Crippen LogP contribution in [0.15, 0.2) is 60.7 Å². The number of Topliss-reactive ketones (excluding diaryl/α,β-unsaturated/α-hetero) is 2. The van der Waals surface area contributed by atoms with Crippen LogP contribution in [0.1, 0.15) is 11.1 Å². The van der Waals surface area contributed by atoms with Crippen molar-refractivity contribution in [3.63, 3.8) is 0 Å². The molecule has 2 aromatic rings. The average molecular weight is 296 g/mol. The Morgan fingerprint density at radius 3 is 1.32 bits per heavy atom. The van der Waals surface area contributed by atoms with E-state index >= 15 is 0 Å². The molecule has 2 atom stereocenters. The van der Waals surface area contributed by atoms with E-state index in [1.807, 2.05) is 60.7 Å². The quantitative estimate of drug-likeness (QED) is 0.753. The fourth-order valence-corrected chi connectivity index (χ4v) is 2.29. The van der Waals surface area contributed by atoms with E-state index in [1.54, 1.807) is 0 Å². The van der Waals surface area contributed by atoms with Crippen LogP contribution in [0.3, 0.4) is 0 Å². The van der Waals surface area contributed by atoms with Crippen molar-refractivity contribution >= 4 is 11.6 Å². The second kappa shape index (κ2) is 7.64. The number of ketones is 2. The van der Waals surface area contributed by atoms with Gasteiger partial charge in [0.05, 0.1) is 12.1 Å². The highest BCUT2D eigenvalue weighted by molar-refractivity contribution is 6.41. The molecule has 2 unspecified atom stereocenters. The van der Waals surface area contributed by atoms with E-state index < -0.39 is 23.7 Å². The molecule has 0 aliphatic carbocycles. The van der Waals surface area contributed by atoms with Crippen molar-refractivity contribution in [3.8, 4) is 0 Å². The summed E-state index contributed by atoms with van der Waals surface area (Å²) in [5.74, 6) is -1.21. The Balaban J connectivity index is 1.94. The largest absolute Gasteiger partial charge is 0.321 e. The molecule has 0 aliphatic heterocycles. The van der Waals surface area contributed by atoms with E-state index in [0.29, 0.717) is 12.8 Å². The Morgan fingerprint density at radius 1 is 0.682 bits per heavy atom. The number of benzene rings is 2. The zero-order valence-corrected chi connectivity index (χ0v) is 12.3. The Kier molecular flexibility index (Phi) is 5.58. The molecule has 4 heteroatoms. The lowest BCUT2D eigenvalue weighted by Gasteiger charge is -2.14. The van der Waals surface area contributed by atoms with E-state index in [9.17, 15) is 9.59 Å². The van der Waals surface area contributed by atoms with Crippen molar-refractivity contribution in [2.24, 2.45) is 11.5 Å². The second-order valence-electron chi connectivity index (χ2n) is 5.32. The SMILES string of the molecule is NC(Cc1ccccc1)C(=O)C(=O)C(N)Cc1ccccc1. The predicted octanol–water partition coefficient (Wildman–Crippen LogP) is 1.26. The lowest BCUT2D eigenvalue weighted by Crippen LogP contribution is -2.46. The first-order chi connectivity index (χ1) is 10.6. The van der Waals surface area contributed by atoms with E-state index in [0.717, 1.165) is 11.1 Å². The van der Waals surface area contributed by atoms with Crippen molar-refractivity contribution in [1.29, 1.82) is 0 Å². The molecule has 22 heavy (non-hydrogen) atoms. The van der Waals surface area contributed by atoms with Crippen LogP contribution in [-0.4, -0.2) is 23.7 Å². The number of hydrogen-bond donors (Lipinski definition) is 2. The third-order valence-corrected chi connectivity index (χ3v) is 3.51. The first-order valence-corrected chi connectivity index (χ1v) is 7.25. The minimum atomic E-state index is -0.850. The summed E-state index contributed by atoms with van der Waals surface area (Å²) in [4.78, 5) is 24.2. The van der Waals surface area contributed by atoms with Crippen LogP contribution in [-0.2, 0) is 22.4 Å². The van der Waals surface area contributed by atoms with E-state index in [2.05, 4.69) is 0 Å². The first kappa shape index (κ1) is 16.1. The number of rotatable bonds is 7. The summed E-state index contributed by atoms with van der Waals surface area (Å²) in [6, 6.07) is 17.1. The Bertz CT molecular complexity index is 569. The van der Waals surface area contributed by atoms with Gasteiger partial charge in [0.25, 0.3) is 0 Å². The Hall–Kier alpha value is -2.30. The van der Waals surface area contributed by atoms with Crippen molar-refractivity contribution < 1.29 is 9.59 Å². The van der Waals surface area contributed by atoms with Gasteiger partial charge in [-0.25, -0.2) is 0 Å². The molecule has 0 fully saturated rings. The van der Waals surface area contributed by atoms with Crippen molar-refractivity contribution in [2.75, 3.05) is 0 Å². The molecule has 0 heterocycles. The molecule has 2 aromatic carbocycles. The van der Waals surface area contributed by atoms with Crippen LogP contribution in [0, 0.1) is 0 Å². The lowest BCUT2D eigenvalue weighted by atomic mass is 9.95. The number of hydrogen-bond acceptors (Lipinski definition) is 4. The lowest BCUT2D eigenvalue weighted by molar-refractivity contribution is -0.138. The maximum absolute atomic E-state index is 12.1.